The lowest BCUT2D eigenvalue weighted by molar-refractivity contribution is 1.02. The Morgan fingerprint density at radius 1 is 0.400 bits per heavy atom. The van der Waals surface area contributed by atoms with Crippen molar-refractivity contribution in [1.29, 1.82) is 0 Å². The largest absolute Gasteiger partial charge is 0.277 e. The maximum atomic E-state index is 5.65. The van der Waals surface area contributed by atoms with E-state index >= 15 is 0 Å². The predicted octanol–water partition coefficient (Wildman–Crippen LogP) is 13.5. The minimum absolute atomic E-state index is 0.703. The van der Waals surface area contributed by atoms with Gasteiger partial charge in [0.2, 0.25) is 5.95 Å². The maximum absolute atomic E-state index is 5.65. The molecule has 0 bridgehead atoms. The minimum Gasteiger partial charge on any atom is -0.277 e. The summed E-state index contributed by atoms with van der Waals surface area (Å²) in [5.74, 6) is 0.703. The number of thiophene rings is 3. The summed E-state index contributed by atoms with van der Waals surface area (Å²) in [5.41, 5.74) is 4.41. The zero-order chi connectivity index (χ0) is 32.5. The van der Waals surface area contributed by atoms with Crippen LogP contribution in [0, 0.1) is 0 Å². The van der Waals surface area contributed by atoms with Crippen molar-refractivity contribution in [2.75, 3.05) is 0 Å². The zero-order valence-electron chi connectivity index (χ0n) is 26.3. The fourth-order valence-corrected chi connectivity index (χ4v) is 11.7. The summed E-state index contributed by atoms with van der Waals surface area (Å²) in [6.45, 7) is 0. The summed E-state index contributed by atoms with van der Waals surface area (Å²) < 4.78 is 8.73. The van der Waals surface area contributed by atoms with Gasteiger partial charge in [-0.25, -0.2) is 9.97 Å². The summed E-state index contributed by atoms with van der Waals surface area (Å²) in [7, 11) is 0. The van der Waals surface area contributed by atoms with Gasteiger partial charge in [-0.1, -0.05) is 115 Å². The van der Waals surface area contributed by atoms with Crippen LogP contribution in [-0.4, -0.2) is 14.5 Å². The molecule has 0 unspecified atom stereocenters. The highest BCUT2D eigenvalue weighted by Crippen LogP contribution is 2.49. The molecule has 0 aliphatic carbocycles. The second-order valence-electron chi connectivity index (χ2n) is 12.9. The van der Waals surface area contributed by atoms with Crippen molar-refractivity contribution in [1.82, 2.24) is 14.5 Å². The standard InChI is InChI=1S/C44H23N3S3/c1-2-14-26-25(13-1)36-29-16-5-9-22-34(29)49-42(36)38-28-15-3-7-20-32(28)47(40(26)38)44-45-39(37-30-17-6-10-23-35(30)50-43(37)46-44)31-19-11-18-27-24-12-4-8-21-33(24)48-41(27)31/h1-23H. The molecule has 0 aliphatic heterocycles. The van der Waals surface area contributed by atoms with E-state index in [2.05, 4.69) is 144 Å². The number of aromatic nitrogens is 3. The average molecular weight is 690 g/mol. The summed E-state index contributed by atoms with van der Waals surface area (Å²) in [5, 5.41) is 12.5. The Morgan fingerprint density at radius 3 is 1.78 bits per heavy atom. The monoisotopic (exact) mass is 689 g/mol. The first-order valence-corrected chi connectivity index (χ1v) is 19.1. The fraction of sp³-hybridized carbons (Fsp3) is 0. The number of nitrogens with zero attached hydrogens (tertiary/aromatic N) is 3. The van der Waals surface area contributed by atoms with Gasteiger partial charge in [-0.15, -0.1) is 34.0 Å². The van der Waals surface area contributed by atoms with E-state index in [0.717, 1.165) is 32.5 Å². The average Bonchev–Trinajstić information content (AvgIpc) is 3.93. The third-order valence-corrected chi connectivity index (χ3v) is 13.7. The SMILES string of the molecule is c1ccc2c(c1)sc1c(-c3nc(-n4c5ccccc5c5c6sc7ccccc7c6c6ccccc6c54)nc4sc5ccccc5c34)cccc12. The molecule has 232 valence electrons. The van der Waals surface area contributed by atoms with Crippen molar-refractivity contribution >= 4 is 127 Å². The third kappa shape index (κ3) is 3.52. The summed E-state index contributed by atoms with van der Waals surface area (Å²) in [6.07, 6.45) is 0. The smallest absolute Gasteiger partial charge is 0.236 e. The fourth-order valence-electron chi connectivity index (χ4n) is 8.17. The zero-order valence-corrected chi connectivity index (χ0v) is 28.8. The van der Waals surface area contributed by atoms with Crippen LogP contribution in [0.15, 0.2) is 140 Å². The lowest BCUT2D eigenvalue weighted by atomic mass is 10.00. The molecule has 3 nitrogen and oxygen atoms in total. The molecular formula is C44H23N3S3. The summed E-state index contributed by atoms with van der Waals surface area (Å²) >= 11 is 5.49. The molecule has 0 spiro atoms. The van der Waals surface area contributed by atoms with E-state index in [4.69, 9.17) is 9.97 Å². The van der Waals surface area contributed by atoms with E-state index in [0.29, 0.717) is 5.95 Å². The number of hydrogen-bond acceptors (Lipinski definition) is 5. The predicted molar refractivity (Wildman–Crippen MR) is 218 cm³/mol. The molecule has 5 heterocycles. The van der Waals surface area contributed by atoms with E-state index in [1.807, 2.05) is 22.7 Å². The Morgan fingerprint density at radius 2 is 0.980 bits per heavy atom. The van der Waals surface area contributed by atoms with Crippen LogP contribution in [0.3, 0.4) is 0 Å². The molecule has 12 aromatic rings. The van der Waals surface area contributed by atoms with Gasteiger partial charge in [-0.2, -0.15) is 0 Å². The van der Waals surface area contributed by atoms with Gasteiger partial charge >= 0.3 is 0 Å². The quantitative estimate of drug-likeness (QED) is 0.181. The van der Waals surface area contributed by atoms with Crippen molar-refractivity contribution in [2.45, 2.75) is 0 Å². The van der Waals surface area contributed by atoms with Crippen molar-refractivity contribution in [2.24, 2.45) is 0 Å². The molecule has 0 fully saturated rings. The third-order valence-electron chi connectivity index (χ3n) is 10.2. The Bertz CT molecular complexity index is 3400. The van der Waals surface area contributed by atoms with Crippen molar-refractivity contribution < 1.29 is 0 Å². The highest BCUT2D eigenvalue weighted by molar-refractivity contribution is 7.27. The van der Waals surface area contributed by atoms with Crippen molar-refractivity contribution in [3.8, 4) is 17.2 Å². The van der Waals surface area contributed by atoms with Crippen LogP contribution < -0.4 is 0 Å². The molecule has 5 aromatic heterocycles. The normalized spacial score (nSPS) is 12.4. The first kappa shape index (κ1) is 27.2. The van der Waals surface area contributed by atoms with Crippen LogP contribution in [0.4, 0.5) is 0 Å². The summed E-state index contributed by atoms with van der Waals surface area (Å²) in [4.78, 5) is 12.1. The maximum Gasteiger partial charge on any atom is 0.236 e. The summed E-state index contributed by atoms with van der Waals surface area (Å²) in [6, 6.07) is 50.6. The molecule has 0 saturated heterocycles. The van der Waals surface area contributed by atoms with Crippen LogP contribution in [0.1, 0.15) is 0 Å². The lowest BCUT2D eigenvalue weighted by Crippen LogP contribution is -2.03. The van der Waals surface area contributed by atoms with Crippen LogP contribution in [0.2, 0.25) is 0 Å². The van der Waals surface area contributed by atoms with E-state index < -0.39 is 0 Å². The second kappa shape index (κ2) is 9.96. The van der Waals surface area contributed by atoms with Crippen molar-refractivity contribution in [3.63, 3.8) is 0 Å². The minimum atomic E-state index is 0.703. The highest BCUT2D eigenvalue weighted by Gasteiger charge is 2.25. The van der Waals surface area contributed by atoms with Crippen LogP contribution in [0.25, 0.3) is 110 Å². The molecular weight excluding hydrogens is 667 g/mol. The molecule has 0 aliphatic rings. The van der Waals surface area contributed by atoms with Gasteiger partial charge in [0.15, 0.2) is 0 Å². The van der Waals surface area contributed by atoms with Gasteiger partial charge in [0.05, 0.1) is 16.7 Å². The Labute approximate surface area is 296 Å². The van der Waals surface area contributed by atoms with Gasteiger partial charge in [-0.3, -0.25) is 4.57 Å². The molecule has 0 saturated carbocycles. The molecule has 0 amide bonds. The van der Waals surface area contributed by atoms with Gasteiger partial charge in [0, 0.05) is 77.5 Å². The van der Waals surface area contributed by atoms with Crippen LogP contribution >= 0.6 is 34.0 Å². The first-order chi connectivity index (χ1) is 24.8. The lowest BCUT2D eigenvalue weighted by Gasteiger charge is -2.12. The Balaban J connectivity index is 1.29. The molecule has 0 atom stereocenters. The van der Waals surface area contributed by atoms with E-state index in [1.54, 1.807) is 11.3 Å². The number of rotatable bonds is 2. The van der Waals surface area contributed by atoms with Gasteiger partial charge in [-0.05, 0) is 29.7 Å². The molecule has 6 heteroatoms. The molecule has 0 N–H and O–H groups in total. The molecule has 12 rings (SSSR count). The van der Waals surface area contributed by atoms with Gasteiger partial charge < -0.3 is 0 Å². The van der Waals surface area contributed by atoms with E-state index in [9.17, 15) is 0 Å². The van der Waals surface area contributed by atoms with E-state index in [1.165, 1.54) is 72.0 Å². The number of hydrogen-bond donors (Lipinski definition) is 0. The van der Waals surface area contributed by atoms with Gasteiger partial charge in [0.1, 0.15) is 4.83 Å². The van der Waals surface area contributed by atoms with Crippen LogP contribution in [-0.2, 0) is 0 Å². The second-order valence-corrected chi connectivity index (χ2v) is 16.0. The molecule has 0 radical (unpaired) electrons. The Hall–Kier alpha value is -5.66. The van der Waals surface area contributed by atoms with Crippen LogP contribution in [0.5, 0.6) is 0 Å². The van der Waals surface area contributed by atoms with Gasteiger partial charge in [0.25, 0.3) is 0 Å². The topological polar surface area (TPSA) is 30.7 Å². The van der Waals surface area contributed by atoms with E-state index in [-0.39, 0.29) is 0 Å². The highest BCUT2D eigenvalue weighted by atomic mass is 32.1. The number of benzene rings is 7. The number of fused-ring (bicyclic) bond motifs is 16. The molecule has 7 aromatic carbocycles. The number of para-hydroxylation sites is 1. The molecule has 50 heavy (non-hydrogen) atoms. The first-order valence-electron chi connectivity index (χ1n) is 16.7. The van der Waals surface area contributed by atoms with Crippen molar-refractivity contribution in [3.05, 3.63) is 140 Å². The Kier molecular flexibility index (Phi) is 5.42.